The summed E-state index contributed by atoms with van der Waals surface area (Å²) in [5.74, 6) is -2.84. The Bertz CT molecular complexity index is 896. The molecule has 2 aromatic carbocycles. The zero-order chi connectivity index (χ0) is 19.3. The molecule has 0 fully saturated rings. The highest BCUT2D eigenvalue weighted by molar-refractivity contribution is 6.44. The van der Waals surface area contributed by atoms with Crippen molar-refractivity contribution in [1.82, 2.24) is 0 Å². The molecule has 26 heavy (non-hydrogen) atoms. The number of primary amides is 1. The van der Waals surface area contributed by atoms with Crippen LogP contribution >= 0.6 is 0 Å². The molecule has 0 unspecified atom stereocenters. The van der Waals surface area contributed by atoms with E-state index in [2.05, 4.69) is 10.6 Å². The second-order valence-electron chi connectivity index (χ2n) is 4.96. The lowest BCUT2D eigenvalue weighted by molar-refractivity contribution is -0.384. The number of nitrogens with two attached hydrogens (primary N) is 1. The van der Waals surface area contributed by atoms with Crippen molar-refractivity contribution in [2.45, 2.75) is 0 Å². The largest absolute Gasteiger partial charge is 0.495 e. The number of anilines is 2. The number of hydrogen-bond acceptors (Lipinski definition) is 6. The summed E-state index contributed by atoms with van der Waals surface area (Å²) in [5.41, 5.74) is 4.95. The predicted octanol–water partition coefficient (Wildman–Crippen LogP) is 1.28. The van der Waals surface area contributed by atoms with Crippen LogP contribution in [0.5, 0.6) is 5.75 Å². The average Bonchev–Trinajstić information content (AvgIpc) is 2.61. The molecule has 0 aliphatic carbocycles. The first kappa shape index (κ1) is 18.4. The maximum absolute atomic E-state index is 12.1. The van der Waals surface area contributed by atoms with Crippen molar-refractivity contribution < 1.29 is 24.0 Å². The number of hydrogen-bond donors (Lipinski definition) is 3. The van der Waals surface area contributed by atoms with Gasteiger partial charge < -0.3 is 21.1 Å². The third-order valence-electron chi connectivity index (χ3n) is 3.29. The Hall–Kier alpha value is -3.95. The van der Waals surface area contributed by atoms with E-state index in [4.69, 9.17) is 10.5 Å². The first-order valence-corrected chi connectivity index (χ1v) is 7.17. The Labute approximate surface area is 147 Å². The van der Waals surface area contributed by atoms with Crippen LogP contribution < -0.4 is 21.1 Å². The number of nitrogens with zero attached hydrogens (tertiary/aromatic N) is 1. The molecule has 4 N–H and O–H groups in total. The number of rotatable bonds is 5. The highest BCUT2D eigenvalue weighted by Gasteiger charge is 2.20. The monoisotopic (exact) mass is 358 g/mol. The molecule has 0 bridgehead atoms. The molecule has 0 saturated heterocycles. The molecule has 0 heterocycles. The minimum Gasteiger partial charge on any atom is -0.495 e. The minimum absolute atomic E-state index is 0.0292. The number of carbonyl (C=O) groups excluding carboxylic acids is 3. The maximum Gasteiger partial charge on any atom is 0.314 e. The van der Waals surface area contributed by atoms with Gasteiger partial charge >= 0.3 is 11.8 Å². The fourth-order valence-electron chi connectivity index (χ4n) is 2.07. The molecule has 0 radical (unpaired) electrons. The lowest BCUT2D eigenvalue weighted by atomic mass is 10.1. The van der Waals surface area contributed by atoms with Gasteiger partial charge in [0.1, 0.15) is 5.75 Å². The smallest absolute Gasteiger partial charge is 0.314 e. The van der Waals surface area contributed by atoms with E-state index < -0.39 is 22.6 Å². The maximum atomic E-state index is 12.1. The average molecular weight is 358 g/mol. The van der Waals surface area contributed by atoms with Gasteiger partial charge in [-0.1, -0.05) is 12.1 Å². The van der Waals surface area contributed by atoms with Crippen molar-refractivity contribution in [3.63, 3.8) is 0 Å². The van der Waals surface area contributed by atoms with E-state index in [0.717, 1.165) is 6.07 Å². The van der Waals surface area contributed by atoms with E-state index >= 15 is 0 Å². The van der Waals surface area contributed by atoms with E-state index in [0.29, 0.717) is 0 Å². The molecule has 2 aromatic rings. The van der Waals surface area contributed by atoms with Crippen molar-refractivity contribution in [3.8, 4) is 5.75 Å². The molecular weight excluding hydrogens is 344 g/mol. The summed E-state index contributed by atoms with van der Waals surface area (Å²) < 4.78 is 5.00. The number of non-ortho nitro benzene ring substituents is 1. The summed E-state index contributed by atoms with van der Waals surface area (Å²) in [6.07, 6.45) is 0. The third-order valence-corrected chi connectivity index (χ3v) is 3.29. The molecular formula is C16H14N4O6. The van der Waals surface area contributed by atoms with Crippen LogP contribution in [-0.2, 0) is 9.59 Å². The Morgan fingerprint density at radius 1 is 1.04 bits per heavy atom. The van der Waals surface area contributed by atoms with Gasteiger partial charge in [-0.25, -0.2) is 0 Å². The molecule has 134 valence electrons. The number of benzene rings is 2. The second-order valence-corrected chi connectivity index (χ2v) is 4.96. The Balaban J connectivity index is 2.20. The van der Waals surface area contributed by atoms with Crippen LogP contribution in [0.3, 0.4) is 0 Å². The summed E-state index contributed by atoms with van der Waals surface area (Å²) in [6.45, 7) is 0. The van der Waals surface area contributed by atoms with Crippen LogP contribution in [-0.4, -0.2) is 29.8 Å². The fourth-order valence-corrected chi connectivity index (χ4v) is 2.07. The van der Waals surface area contributed by atoms with Crippen LogP contribution in [0.4, 0.5) is 17.1 Å². The van der Waals surface area contributed by atoms with E-state index in [9.17, 15) is 24.5 Å². The molecule has 0 aromatic heterocycles. The van der Waals surface area contributed by atoms with Crippen LogP contribution in [0.2, 0.25) is 0 Å². The van der Waals surface area contributed by atoms with E-state index in [1.165, 1.54) is 31.4 Å². The molecule has 2 rings (SSSR count). The molecule has 0 saturated carbocycles. The van der Waals surface area contributed by atoms with Gasteiger partial charge in [0.25, 0.3) is 11.6 Å². The van der Waals surface area contributed by atoms with Gasteiger partial charge in [0, 0.05) is 12.1 Å². The van der Waals surface area contributed by atoms with Gasteiger partial charge in [-0.15, -0.1) is 0 Å². The number of nitro benzene ring substituents is 1. The second kappa shape index (κ2) is 7.75. The lowest BCUT2D eigenvalue weighted by Crippen LogP contribution is -2.30. The Morgan fingerprint density at radius 2 is 1.65 bits per heavy atom. The van der Waals surface area contributed by atoms with Crippen LogP contribution in [0, 0.1) is 10.1 Å². The molecule has 0 aliphatic heterocycles. The molecule has 10 nitrogen and oxygen atoms in total. The Kier molecular flexibility index (Phi) is 5.48. The SMILES string of the molecule is COc1ccc([N+](=O)[O-])cc1NC(=O)C(=O)Nc1ccccc1C(N)=O. The molecule has 3 amide bonds. The van der Waals surface area contributed by atoms with Crippen molar-refractivity contribution in [3.05, 3.63) is 58.1 Å². The molecule has 10 heteroatoms. The van der Waals surface area contributed by atoms with Gasteiger partial charge in [0.05, 0.1) is 29.0 Å². The van der Waals surface area contributed by atoms with Gasteiger partial charge in [0.2, 0.25) is 0 Å². The topological polar surface area (TPSA) is 154 Å². The number of carbonyl (C=O) groups is 3. The number of ether oxygens (including phenoxy) is 1. The number of nitrogens with one attached hydrogen (secondary N) is 2. The summed E-state index contributed by atoms with van der Waals surface area (Å²) in [4.78, 5) is 45.7. The summed E-state index contributed by atoms with van der Waals surface area (Å²) in [5, 5.41) is 15.3. The van der Waals surface area contributed by atoms with Gasteiger partial charge in [0.15, 0.2) is 0 Å². The minimum atomic E-state index is -1.11. The number of nitro groups is 1. The molecule has 0 atom stereocenters. The first-order valence-electron chi connectivity index (χ1n) is 7.17. The van der Waals surface area contributed by atoms with Crippen LogP contribution in [0.1, 0.15) is 10.4 Å². The standard InChI is InChI=1S/C16H14N4O6/c1-26-13-7-6-9(20(24)25)8-12(13)19-16(23)15(22)18-11-5-3-2-4-10(11)14(17)21/h2-8H,1H3,(H2,17,21)(H,18,22)(H,19,23). The van der Waals surface area contributed by atoms with E-state index in [1.807, 2.05) is 0 Å². The zero-order valence-electron chi connectivity index (χ0n) is 13.5. The summed E-state index contributed by atoms with van der Waals surface area (Å²) >= 11 is 0. The van der Waals surface area contributed by atoms with E-state index in [1.54, 1.807) is 12.1 Å². The van der Waals surface area contributed by atoms with Gasteiger partial charge in [-0.3, -0.25) is 24.5 Å². The van der Waals surface area contributed by atoms with E-state index in [-0.39, 0.29) is 28.4 Å². The predicted molar refractivity (Wildman–Crippen MR) is 91.9 cm³/mol. The van der Waals surface area contributed by atoms with Crippen molar-refractivity contribution >= 4 is 34.8 Å². The number of amides is 3. The third kappa shape index (κ3) is 4.12. The van der Waals surface area contributed by atoms with Crippen LogP contribution in [0.15, 0.2) is 42.5 Å². The van der Waals surface area contributed by atoms with Crippen molar-refractivity contribution in [1.29, 1.82) is 0 Å². The highest BCUT2D eigenvalue weighted by Crippen LogP contribution is 2.28. The number of methoxy groups -OCH3 is 1. The van der Waals surface area contributed by atoms with Crippen LogP contribution in [0.25, 0.3) is 0 Å². The normalized spacial score (nSPS) is 9.88. The quantitative estimate of drug-likeness (QED) is 0.415. The lowest BCUT2D eigenvalue weighted by Gasteiger charge is -2.11. The fraction of sp³-hybridized carbons (Fsp3) is 0.0625. The number of para-hydroxylation sites is 1. The van der Waals surface area contributed by atoms with Gasteiger partial charge in [-0.05, 0) is 18.2 Å². The summed E-state index contributed by atoms with van der Waals surface area (Å²) in [6, 6.07) is 9.42. The Morgan fingerprint density at radius 3 is 2.23 bits per heavy atom. The van der Waals surface area contributed by atoms with Gasteiger partial charge in [-0.2, -0.15) is 0 Å². The highest BCUT2D eigenvalue weighted by atomic mass is 16.6. The molecule has 0 spiro atoms. The van der Waals surface area contributed by atoms with Crippen molar-refractivity contribution in [2.75, 3.05) is 17.7 Å². The summed E-state index contributed by atoms with van der Waals surface area (Å²) in [7, 11) is 1.31. The van der Waals surface area contributed by atoms with Crippen molar-refractivity contribution in [2.24, 2.45) is 5.73 Å². The molecule has 0 aliphatic rings. The zero-order valence-corrected chi connectivity index (χ0v) is 13.5. The first-order chi connectivity index (χ1) is 12.3.